The fraction of sp³-hybridized carbons (Fsp3) is 0.333. The first kappa shape index (κ1) is 15.2. The van der Waals surface area contributed by atoms with Gasteiger partial charge in [-0.25, -0.2) is 4.98 Å². The molecule has 0 bridgehead atoms. The Morgan fingerprint density at radius 2 is 1.84 bits per heavy atom. The van der Waals surface area contributed by atoms with Crippen LogP contribution in [0.1, 0.15) is 21.5 Å². The van der Waals surface area contributed by atoms with E-state index in [0.29, 0.717) is 6.20 Å². The van der Waals surface area contributed by atoms with E-state index >= 15 is 0 Å². The smallest absolute Gasteiger partial charge is 0.387 e. The number of carbonyl (C=O) groups is 1. The summed E-state index contributed by atoms with van der Waals surface area (Å²) < 4.78 is 77.4. The number of nitrogens with two attached hydrogens (primary N) is 1. The maximum absolute atomic E-state index is 12.7. The molecule has 1 aromatic rings. The third-order valence-electron chi connectivity index (χ3n) is 2.01. The highest BCUT2D eigenvalue weighted by Crippen LogP contribution is 2.40. The highest BCUT2D eigenvalue weighted by Gasteiger charge is 2.42. The van der Waals surface area contributed by atoms with Crippen molar-refractivity contribution in [1.29, 1.82) is 0 Å². The Labute approximate surface area is 102 Å². The Bertz CT molecular complexity index is 483. The van der Waals surface area contributed by atoms with E-state index in [4.69, 9.17) is 5.73 Å². The molecule has 0 atom stereocenters. The van der Waals surface area contributed by atoms with Crippen molar-refractivity contribution in [3.8, 4) is 5.88 Å². The van der Waals surface area contributed by atoms with Gasteiger partial charge in [0.25, 0.3) is 0 Å². The van der Waals surface area contributed by atoms with Crippen LogP contribution in [-0.4, -0.2) is 17.6 Å². The molecule has 0 spiro atoms. The Balaban J connectivity index is 3.52. The third-order valence-corrected chi connectivity index (χ3v) is 2.01. The monoisotopic (exact) mass is 288 g/mol. The minimum absolute atomic E-state index is 0.0157. The zero-order valence-corrected chi connectivity index (χ0v) is 8.97. The molecule has 106 valence electrons. The van der Waals surface area contributed by atoms with Crippen LogP contribution < -0.4 is 10.5 Å². The summed E-state index contributed by atoms with van der Waals surface area (Å²) in [7, 11) is 0. The molecular weight excluding hydrogens is 282 g/mol. The first-order valence-electron chi connectivity index (χ1n) is 4.60. The van der Waals surface area contributed by atoms with Crippen LogP contribution in [0.15, 0.2) is 6.20 Å². The molecule has 1 heterocycles. The molecule has 2 N–H and O–H groups in total. The SMILES string of the molecule is NCc1c(C=O)cnc(OC(F)(F)F)c1C(F)(F)F. The molecule has 19 heavy (non-hydrogen) atoms. The lowest BCUT2D eigenvalue weighted by molar-refractivity contribution is -0.277. The highest BCUT2D eigenvalue weighted by atomic mass is 19.4. The van der Waals surface area contributed by atoms with Gasteiger partial charge in [0, 0.05) is 18.3 Å². The summed E-state index contributed by atoms with van der Waals surface area (Å²) in [5, 5.41) is 0. The molecule has 1 rings (SSSR count). The van der Waals surface area contributed by atoms with Crippen LogP contribution in [0.2, 0.25) is 0 Å². The van der Waals surface area contributed by atoms with Gasteiger partial charge in [-0.2, -0.15) is 13.2 Å². The van der Waals surface area contributed by atoms with Gasteiger partial charge in [0.05, 0.1) is 0 Å². The molecule has 0 aliphatic rings. The number of hydrogen-bond donors (Lipinski definition) is 1. The number of aldehydes is 1. The van der Waals surface area contributed by atoms with E-state index in [-0.39, 0.29) is 6.29 Å². The second-order valence-electron chi connectivity index (χ2n) is 3.24. The van der Waals surface area contributed by atoms with Gasteiger partial charge in [-0.3, -0.25) is 4.79 Å². The number of carbonyl (C=O) groups excluding carboxylic acids is 1. The van der Waals surface area contributed by atoms with E-state index in [1.807, 2.05) is 0 Å². The van der Waals surface area contributed by atoms with Crippen LogP contribution in [0.4, 0.5) is 26.3 Å². The van der Waals surface area contributed by atoms with Gasteiger partial charge in [-0.05, 0) is 5.56 Å². The van der Waals surface area contributed by atoms with E-state index in [9.17, 15) is 31.1 Å². The fourth-order valence-electron chi connectivity index (χ4n) is 1.34. The molecule has 0 aliphatic carbocycles. The summed E-state index contributed by atoms with van der Waals surface area (Å²) in [4.78, 5) is 13.4. The van der Waals surface area contributed by atoms with Gasteiger partial charge in [-0.1, -0.05) is 0 Å². The van der Waals surface area contributed by atoms with E-state index in [1.54, 1.807) is 0 Å². The predicted octanol–water partition coefficient (Wildman–Crippen LogP) is 2.27. The van der Waals surface area contributed by atoms with Gasteiger partial charge in [-0.15, -0.1) is 13.2 Å². The van der Waals surface area contributed by atoms with Gasteiger partial charge in [0.1, 0.15) is 5.56 Å². The minimum atomic E-state index is -5.35. The van der Waals surface area contributed by atoms with E-state index in [2.05, 4.69) is 9.72 Å². The van der Waals surface area contributed by atoms with Crippen molar-refractivity contribution in [2.45, 2.75) is 19.1 Å². The van der Waals surface area contributed by atoms with Crippen molar-refractivity contribution < 1.29 is 35.9 Å². The Hall–Kier alpha value is -1.84. The second-order valence-corrected chi connectivity index (χ2v) is 3.24. The number of rotatable bonds is 3. The molecule has 4 nitrogen and oxygen atoms in total. The molecule has 0 fully saturated rings. The van der Waals surface area contributed by atoms with E-state index in [0.717, 1.165) is 0 Å². The lowest BCUT2D eigenvalue weighted by Crippen LogP contribution is -2.23. The average Bonchev–Trinajstić information content (AvgIpc) is 2.24. The topological polar surface area (TPSA) is 65.2 Å². The largest absolute Gasteiger partial charge is 0.574 e. The van der Waals surface area contributed by atoms with Crippen molar-refractivity contribution in [2.24, 2.45) is 5.73 Å². The standard InChI is InChI=1S/C9H6F6N2O2/c10-8(11,12)6-5(1-16)4(3-18)2-17-7(6)19-9(13,14)15/h2-3H,1,16H2. The van der Waals surface area contributed by atoms with Crippen molar-refractivity contribution in [3.63, 3.8) is 0 Å². The lowest BCUT2D eigenvalue weighted by atomic mass is 10.0. The summed E-state index contributed by atoms with van der Waals surface area (Å²) in [6.45, 7) is -0.792. The number of ether oxygens (including phenoxy) is 1. The van der Waals surface area contributed by atoms with Crippen molar-refractivity contribution >= 4 is 6.29 Å². The summed E-state index contributed by atoms with van der Waals surface area (Å²) in [6, 6.07) is 0. The van der Waals surface area contributed by atoms with Crippen molar-refractivity contribution in [2.75, 3.05) is 0 Å². The molecule has 0 saturated heterocycles. The van der Waals surface area contributed by atoms with Crippen LogP contribution in [-0.2, 0) is 12.7 Å². The molecule has 0 amide bonds. The quantitative estimate of drug-likeness (QED) is 0.684. The van der Waals surface area contributed by atoms with Crippen molar-refractivity contribution in [1.82, 2.24) is 4.98 Å². The maximum atomic E-state index is 12.7. The normalized spacial score (nSPS) is 12.4. The number of nitrogens with zero attached hydrogens (tertiary/aromatic N) is 1. The summed E-state index contributed by atoms with van der Waals surface area (Å²) in [5.74, 6) is -1.69. The summed E-state index contributed by atoms with van der Waals surface area (Å²) in [6.07, 6.45) is -9.99. The highest BCUT2D eigenvalue weighted by molar-refractivity contribution is 5.78. The van der Waals surface area contributed by atoms with Gasteiger partial charge in [0.2, 0.25) is 5.88 Å². The Morgan fingerprint density at radius 3 is 2.21 bits per heavy atom. The number of alkyl halides is 6. The average molecular weight is 288 g/mol. The Kier molecular flexibility index (Phi) is 4.03. The van der Waals surface area contributed by atoms with Gasteiger partial charge >= 0.3 is 12.5 Å². The maximum Gasteiger partial charge on any atom is 0.574 e. The first-order chi connectivity index (χ1) is 8.60. The molecule has 1 aromatic heterocycles. The van der Waals surface area contributed by atoms with Crippen LogP contribution in [0.3, 0.4) is 0 Å². The van der Waals surface area contributed by atoms with Gasteiger partial charge in [0.15, 0.2) is 6.29 Å². The number of pyridine rings is 1. The number of hydrogen-bond acceptors (Lipinski definition) is 4. The van der Waals surface area contributed by atoms with Gasteiger partial charge < -0.3 is 10.5 Å². The fourth-order valence-corrected chi connectivity index (χ4v) is 1.34. The molecule has 0 radical (unpaired) electrons. The predicted molar refractivity (Wildman–Crippen MR) is 49.2 cm³/mol. The Morgan fingerprint density at radius 1 is 1.26 bits per heavy atom. The molecule has 10 heteroatoms. The summed E-state index contributed by atoms with van der Waals surface area (Å²) in [5.41, 5.74) is 1.86. The van der Waals surface area contributed by atoms with E-state index in [1.165, 1.54) is 0 Å². The molecule has 0 unspecified atom stereocenters. The lowest BCUT2D eigenvalue weighted by Gasteiger charge is -2.18. The second kappa shape index (κ2) is 5.03. The van der Waals surface area contributed by atoms with Crippen LogP contribution >= 0.6 is 0 Å². The van der Waals surface area contributed by atoms with Crippen LogP contribution in [0.5, 0.6) is 5.88 Å². The minimum Gasteiger partial charge on any atom is -0.387 e. The van der Waals surface area contributed by atoms with Crippen molar-refractivity contribution in [3.05, 3.63) is 22.9 Å². The zero-order chi connectivity index (χ0) is 14.8. The number of halogens is 6. The van der Waals surface area contributed by atoms with Crippen LogP contribution in [0.25, 0.3) is 0 Å². The first-order valence-corrected chi connectivity index (χ1v) is 4.60. The molecule has 0 saturated carbocycles. The summed E-state index contributed by atoms with van der Waals surface area (Å²) >= 11 is 0. The molecule has 0 aliphatic heterocycles. The zero-order valence-electron chi connectivity index (χ0n) is 8.97. The number of aromatic nitrogens is 1. The van der Waals surface area contributed by atoms with Crippen LogP contribution in [0, 0.1) is 0 Å². The molecular formula is C9H6F6N2O2. The molecule has 0 aromatic carbocycles. The third kappa shape index (κ3) is 3.56. The van der Waals surface area contributed by atoms with E-state index < -0.39 is 41.7 Å².